The van der Waals surface area contributed by atoms with E-state index in [-0.39, 0.29) is 5.91 Å². The van der Waals surface area contributed by atoms with Crippen molar-refractivity contribution < 1.29 is 9.53 Å². The maximum absolute atomic E-state index is 11.8. The Balaban J connectivity index is 2.85. The van der Waals surface area contributed by atoms with Crippen LogP contribution in [-0.4, -0.2) is 18.6 Å². The normalized spacial score (nSPS) is 11.2. The first-order chi connectivity index (χ1) is 7.36. The summed E-state index contributed by atoms with van der Waals surface area (Å²) >= 11 is 5.75. The van der Waals surface area contributed by atoms with E-state index in [0.717, 1.165) is 0 Å². The van der Waals surface area contributed by atoms with E-state index in [1.807, 2.05) is 0 Å². The molecule has 0 aliphatic rings. The summed E-state index contributed by atoms with van der Waals surface area (Å²) in [5.41, 5.74) is 5.77. The van der Waals surface area contributed by atoms with E-state index in [2.05, 4.69) is 5.32 Å². The van der Waals surface area contributed by atoms with Crippen LogP contribution >= 0.6 is 11.6 Å². The Morgan fingerprint density at radius 1 is 1.50 bits per heavy atom. The first kappa shape index (κ1) is 12.8. The number of nitrogens with two attached hydrogens (primary N) is 1. The number of hydrogen-bond acceptors (Lipinski definition) is 3. The van der Waals surface area contributed by atoms with Gasteiger partial charge in [0, 0.05) is 12.1 Å². The summed E-state index contributed by atoms with van der Waals surface area (Å²) in [5, 5.41) is 3.21. The lowest BCUT2D eigenvalue weighted by Gasteiger charge is -2.22. The zero-order valence-electron chi connectivity index (χ0n) is 9.50. The van der Waals surface area contributed by atoms with E-state index in [0.29, 0.717) is 16.4 Å². The Morgan fingerprint density at radius 2 is 2.12 bits per heavy atom. The molecule has 3 N–H and O–H groups in total. The van der Waals surface area contributed by atoms with E-state index in [1.54, 1.807) is 32.0 Å². The highest BCUT2D eigenvalue weighted by molar-refractivity contribution is 6.31. The summed E-state index contributed by atoms with van der Waals surface area (Å²) in [6, 6.07) is 4.89. The lowest BCUT2D eigenvalue weighted by atomic mass is 10.1. The van der Waals surface area contributed by atoms with Crippen molar-refractivity contribution in [2.75, 3.05) is 18.2 Å². The van der Waals surface area contributed by atoms with Crippen molar-refractivity contribution in [3.05, 3.63) is 23.2 Å². The van der Waals surface area contributed by atoms with Crippen LogP contribution in [0.15, 0.2) is 18.2 Å². The van der Waals surface area contributed by atoms with Gasteiger partial charge in [0.25, 0.3) is 5.91 Å². The Hall–Kier alpha value is -1.26. The highest BCUT2D eigenvalue weighted by Gasteiger charge is 2.27. The van der Waals surface area contributed by atoms with Gasteiger partial charge < -0.3 is 15.8 Å². The molecular formula is C11H15ClN2O2. The number of methoxy groups -OCH3 is 1. The Morgan fingerprint density at radius 3 is 2.62 bits per heavy atom. The van der Waals surface area contributed by atoms with Gasteiger partial charge in [0.2, 0.25) is 0 Å². The number of carbonyl (C=O) groups is 1. The summed E-state index contributed by atoms with van der Waals surface area (Å²) in [6.45, 7) is 3.35. The Bertz CT molecular complexity index is 405. The molecule has 88 valence electrons. The van der Waals surface area contributed by atoms with Gasteiger partial charge >= 0.3 is 0 Å². The van der Waals surface area contributed by atoms with Gasteiger partial charge in [-0.3, -0.25) is 4.79 Å². The number of ether oxygens (including phenoxy) is 1. The lowest BCUT2D eigenvalue weighted by molar-refractivity contribution is -0.133. The molecule has 0 unspecified atom stereocenters. The minimum Gasteiger partial charge on any atom is -0.397 e. The van der Waals surface area contributed by atoms with Crippen molar-refractivity contribution >= 4 is 28.9 Å². The fraction of sp³-hybridized carbons (Fsp3) is 0.364. The third-order valence-electron chi connectivity index (χ3n) is 2.32. The number of halogens is 1. The average Bonchev–Trinajstić information content (AvgIpc) is 2.22. The lowest BCUT2D eigenvalue weighted by Crippen LogP contribution is -2.38. The number of benzene rings is 1. The standard InChI is InChI=1S/C11H15ClN2O2/c1-11(2,16-3)10(15)14-9-5-4-7(12)6-8(9)13/h4-6H,13H2,1-3H3,(H,14,15). The number of nitrogens with one attached hydrogen (secondary N) is 1. The summed E-state index contributed by atoms with van der Waals surface area (Å²) in [6.07, 6.45) is 0. The second-order valence-electron chi connectivity index (χ2n) is 3.90. The van der Waals surface area contributed by atoms with Crippen LogP contribution in [0.25, 0.3) is 0 Å². The number of nitrogen functional groups attached to an aromatic ring is 1. The van der Waals surface area contributed by atoms with Crippen LogP contribution in [0, 0.1) is 0 Å². The molecule has 1 rings (SSSR count). The predicted octanol–water partition coefficient (Wildman–Crippen LogP) is 2.29. The zero-order valence-corrected chi connectivity index (χ0v) is 10.3. The zero-order chi connectivity index (χ0) is 12.3. The molecule has 1 aromatic carbocycles. The van der Waals surface area contributed by atoms with E-state index >= 15 is 0 Å². The second-order valence-corrected chi connectivity index (χ2v) is 4.34. The topological polar surface area (TPSA) is 64.3 Å². The van der Waals surface area contributed by atoms with E-state index in [9.17, 15) is 4.79 Å². The highest BCUT2D eigenvalue weighted by atomic mass is 35.5. The molecule has 0 bridgehead atoms. The molecular weight excluding hydrogens is 228 g/mol. The first-order valence-electron chi connectivity index (χ1n) is 4.78. The molecule has 0 heterocycles. The van der Waals surface area contributed by atoms with Gasteiger partial charge in [-0.2, -0.15) is 0 Å². The molecule has 0 radical (unpaired) electrons. The van der Waals surface area contributed by atoms with Crippen molar-refractivity contribution in [2.45, 2.75) is 19.4 Å². The van der Waals surface area contributed by atoms with Gasteiger partial charge in [0.05, 0.1) is 11.4 Å². The fourth-order valence-electron chi connectivity index (χ4n) is 1.01. The molecule has 1 amide bonds. The molecule has 0 spiro atoms. The van der Waals surface area contributed by atoms with Gasteiger partial charge in [-0.05, 0) is 32.0 Å². The summed E-state index contributed by atoms with van der Waals surface area (Å²) in [5.74, 6) is -0.260. The van der Waals surface area contributed by atoms with Crippen LogP contribution in [0.5, 0.6) is 0 Å². The quantitative estimate of drug-likeness (QED) is 0.800. The number of carbonyl (C=O) groups excluding carboxylic acids is 1. The molecule has 0 saturated carbocycles. The molecule has 0 atom stereocenters. The van der Waals surface area contributed by atoms with Crippen molar-refractivity contribution in [3.8, 4) is 0 Å². The monoisotopic (exact) mass is 242 g/mol. The maximum Gasteiger partial charge on any atom is 0.256 e. The summed E-state index contributed by atoms with van der Waals surface area (Å²) < 4.78 is 5.06. The minimum atomic E-state index is -0.897. The predicted molar refractivity (Wildman–Crippen MR) is 65.6 cm³/mol. The molecule has 1 aromatic rings. The van der Waals surface area contributed by atoms with Gasteiger partial charge in [0.15, 0.2) is 0 Å². The molecule has 0 aliphatic carbocycles. The Labute approximate surface area is 99.7 Å². The van der Waals surface area contributed by atoms with Crippen LogP contribution in [0.1, 0.15) is 13.8 Å². The SMILES string of the molecule is COC(C)(C)C(=O)Nc1ccc(Cl)cc1N. The molecule has 4 nitrogen and oxygen atoms in total. The molecule has 16 heavy (non-hydrogen) atoms. The van der Waals surface area contributed by atoms with E-state index in [4.69, 9.17) is 22.1 Å². The molecule has 0 saturated heterocycles. The largest absolute Gasteiger partial charge is 0.397 e. The smallest absolute Gasteiger partial charge is 0.256 e. The first-order valence-corrected chi connectivity index (χ1v) is 5.16. The average molecular weight is 243 g/mol. The highest BCUT2D eigenvalue weighted by Crippen LogP contribution is 2.23. The molecule has 0 fully saturated rings. The maximum atomic E-state index is 11.8. The van der Waals surface area contributed by atoms with Crippen molar-refractivity contribution in [3.63, 3.8) is 0 Å². The molecule has 0 aromatic heterocycles. The minimum absolute atomic E-state index is 0.260. The van der Waals surface area contributed by atoms with Gasteiger partial charge in [0.1, 0.15) is 5.60 Å². The van der Waals surface area contributed by atoms with Crippen LogP contribution in [0.4, 0.5) is 11.4 Å². The molecule has 5 heteroatoms. The van der Waals surface area contributed by atoms with Gasteiger partial charge in [-0.15, -0.1) is 0 Å². The van der Waals surface area contributed by atoms with Crippen LogP contribution in [0.3, 0.4) is 0 Å². The number of anilines is 2. The number of amides is 1. The van der Waals surface area contributed by atoms with Crippen molar-refractivity contribution in [1.82, 2.24) is 0 Å². The van der Waals surface area contributed by atoms with Crippen LogP contribution in [-0.2, 0) is 9.53 Å². The van der Waals surface area contributed by atoms with Crippen LogP contribution < -0.4 is 11.1 Å². The van der Waals surface area contributed by atoms with Gasteiger partial charge in [-0.1, -0.05) is 11.6 Å². The number of rotatable bonds is 3. The molecule has 0 aliphatic heterocycles. The third kappa shape index (κ3) is 2.87. The Kier molecular flexibility index (Phi) is 3.78. The number of hydrogen-bond donors (Lipinski definition) is 2. The summed E-state index contributed by atoms with van der Waals surface area (Å²) in [7, 11) is 1.48. The summed E-state index contributed by atoms with van der Waals surface area (Å²) in [4.78, 5) is 11.8. The van der Waals surface area contributed by atoms with E-state index in [1.165, 1.54) is 7.11 Å². The third-order valence-corrected chi connectivity index (χ3v) is 2.55. The van der Waals surface area contributed by atoms with Gasteiger partial charge in [-0.25, -0.2) is 0 Å². The second kappa shape index (κ2) is 4.72. The van der Waals surface area contributed by atoms with Crippen LogP contribution in [0.2, 0.25) is 5.02 Å². The van der Waals surface area contributed by atoms with E-state index < -0.39 is 5.60 Å². The fourth-order valence-corrected chi connectivity index (χ4v) is 1.19. The van der Waals surface area contributed by atoms with Crippen molar-refractivity contribution in [2.24, 2.45) is 0 Å². The van der Waals surface area contributed by atoms with Crippen molar-refractivity contribution in [1.29, 1.82) is 0 Å².